The van der Waals surface area contributed by atoms with Crippen molar-refractivity contribution in [3.05, 3.63) is 72.0 Å². The van der Waals surface area contributed by atoms with Gasteiger partial charge in [-0.05, 0) is 25.1 Å². The lowest BCUT2D eigenvalue weighted by molar-refractivity contribution is -0.422. The fraction of sp³-hybridized carbons (Fsp3) is 0.143. The number of nitrogens with zero attached hydrogens (tertiary/aromatic N) is 2. The zero-order valence-electron chi connectivity index (χ0n) is 12.0. The second kappa shape index (κ2) is 6.98. The molecule has 0 aliphatic rings. The molecule has 7 nitrogen and oxygen atoms in total. The van der Waals surface area contributed by atoms with Crippen LogP contribution >= 0.6 is 23.2 Å². The van der Waals surface area contributed by atoms with Crippen molar-refractivity contribution in [1.82, 2.24) is 0 Å². The lowest BCUT2D eigenvalue weighted by Crippen LogP contribution is -2.06. The van der Waals surface area contributed by atoms with E-state index < -0.39 is 33.1 Å². The van der Waals surface area contributed by atoms with Gasteiger partial charge in [0.2, 0.25) is 0 Å². The molecule has 1 unspecified atom stereocenters. The molecule has 0 aliphatic carbocycles. The van der Waals surface area contributed by atoms with Crippen LogP contribution in [0.4, 0.5) is 15.8 Å². The van der Waals surface area contributed by atoms with Crippen LogP contribution in [-0.2, 0) is 0 Å². The molecule has 2 rings (SSSR count). The molecule has 0 bridgehead atoms. The van der Waals surface area contributed by atoms with Crippen molar-refractivity contribution in [2.45, 2.75) is 13.0 Å². The third kappa shape index (κ3) is 3.55. The van der Waals surface area contributed by atoms with Crippen LogP contribution in [0, 0.1) is 26.0 Å². The summed E-state index contributed by atoms with van der Waals surface area (Å²) < 4.78 is 19.0. The van der Waals surface area contributed by atoms with E-state index in [0.29, 0.717) is 0 Å². The summed E-state index contributed by atoms with van der Waals surface area (Å²) in [5.41, 5.74) is -1.22. The monoisotopic (exact) mass is 374 g/mol. The fourth-order valence-corrected chi connectivity index (χ4v) is 2.73. The fourth-order valence-electron chi connectivity index (χ4n) is 2.06. The third-order valence-electron chi connectivity index (χ3n) is 3.14. The Labute approximate surface area is 144 Å². The predicted octanol–water partition coefficient (Wildman–Crippen LogP) is 5.09. The second-order valence-corrected chi connectivity index (χ2v) is 5.47. The van der Waals surface area contributed by atoms with E-state index in [0.717, 1.165) is 18.2 Å². The molecule has 0 heterocycles. The lowest BCUT2D eigenvalue weighted by atomic mass is 10.1. The highest BCUT2D eigenvalue weighted by molar-refractivity contribution is 6.36. The first-order valence-corrected chi connectivity index (χ1v) is 7.20. The highest BCUT2D eigenvalue weighted by Gasteiger charge is 2.26. The molecule has 2 aromatic carbocycles. The average Bonchev–Trinajstić information content (AvgIpc) is 2.51. The topological polar surface area (TPSA) is 95.5 Å². The Morgan fingerprint density at radius 1 is 1.08 bits per heavy atom. The molecule has 10 heteroatoms. The maximum absolute atomic E-state index is 13.6. The highest BCUT2D eigenvalue weighted by Crippen LogP contribution is 2.37. The first-order chi connectivity index (χ1) is 11.2. The molecular formula is C14H9Cl2FN2O5. The molecule has 2 aromatic rings. The molecule has 0 fully saturated rings. The summed E-state index contributed by atoms with van der Waals surface area (Å²) in [6.45, 7) is 1.51. The van der Waals surface area contributed by atoms with E-state index in [1.807, 2.05) is 0 Å². The van der Waals surface area contributed by atoms with Gasteiger partial charge in [-0.15, -0.1) is 0 Å². The summed E-state index contributed by atoms with van der Waals surface area (Å²) >= 11 is 11.9. The van der Waals surface area contributed by atoms with Crippen LogP contribution in [0.2, 0.25) is 10.0 Å². The molecule has 0 aromatic heterocycles. The Morgan fingerprint density at radius 2 is 1.71 bits per heavy atom. The van der Waals surface area contributed by atoms with Gasteiger partial charge in [-0.3, -0.25) is 20.2 Å². The highest BCUT2D eigenvalue weighted by atomic mass is 35.5. The molecule has 0 radical (unpaired) electrons. The Hall–Kier alpha value is -2.45. The standard InChI is InChI=1S/C14H9Cl2FN2O5/c1-7(13-9(15)3-4-10(17)14(13)16)24-8-2-5-11(18(20)21)12(6-8)19(22)23/h2-7H,1H3. The van der Waals surface area contributed by atoms with Crippen LogP contribution in [0.25, 0.3) is 0 Å². The minimum absolute atomic E-state index is 0.0174. The molecule has 0 aliphatic heterocycles. The third-order valence-corrected chi connectivity index (χ3v) is 3.85. The second-order valence-electron chi connectivity index (χ2n) is 4.68. The molecule has 0 spiro atoms. The molecule has 0 saturated carbocycles. The maximum Gasteiger partial charge on any atom is 0.349 e. The summed E-state index contributed by atoms with van der Waals surface area (Å²) in [5.74, 6) is -0.711. The number of benzene rings is 2. The molecule has 0 N–H and O–H groups in total. The van der Waals surface area contributed by atoms with Crippen LogP contribution in [-0.4, -0.2) is 9.85 Å². The van der Waals surface area contributed by atoms with Crippen LogP contribution in [0.1, 0.15) is 18.6 Å². The smallest absolute Gasteiger partial charge is 0.349 e. The summed E-state index contributed by atoms with van der Waals surface area (Å²) in [6.07, 6.45) is -0.846. The SMILES string of the molecule is CC(Oc1ccc([N+](=O)[O-])c([N+](=O)[O-])c1)c1c(Cl)ccc(F)c1Cl. The van der Waals surface area contributed by atoms with Crippen molar-refractivity contribution >= 4 is 34.6 Å². The van der Waals surface area contributed by atoms with E-state index in [9.17, 15) is 24.6 Å². The quantitative estimate of drug-likeness (QED) is 0.412. The number of rotatable bonds is 5. The van der Waals surface area contributed by atoms with Gasteiger partial charge in [-0.1, -0.05) is 23.2 Å². The number of halogens is 3. The number of ether oxygens (including phenoxy) is 1. The van der Waals surface area contributed by atoms with Crippen molar-refractivity contribution in [2.24, 2.45) is 0 Å². The summed E-state index contributed by atoms with van der Waals surface area (Å²) in [7, 11) is 0. The number of nitro benzene ring substituents is 2. The van der Waals surface area contributed by atoms with E-state index >= 15 is 0 Å². The summed E-state index contributed by atoms with van der Waals surface area (Å²) in [5, 5.41) is 21.7. The number of hydrogen-bond acceptors (Lipinski definition) is 5. The van der Waals surface area contributed by atoms with Crippen molar-refractivity contribution in [1.29, 1.82) is 0 Å². The van der Waals surface area contributed by atoms with Gasteiger partial charge >= 0.3 is 11.4 Å². The summed E-state index contributed by atoms with van der Waals surface area (Å²) in [4.78, 5) is 20.0. The largest absolute Gasteiger partial charge is 0.486 e. The van der Waals surface area contributed by atoms with Gasteiger partial charge in [0.25, 0.3) is 0 Å². The first kappa shape index (κ1) is 17.9. The van der Waals surface area contributed by atoms with Crippen molar-refractivity contribution in [3.8, 4) is 5.75 Å². The first-order valence-electron chi connectivity index (χ1n) is 6.45. The van der Waals surface area contributed by atoms with Crippen molar-refractivity contribution in [2.75, 3.05) is 0 Å². The number of hydrogen-bond donors (Lipinski definition) is 0. The average molecular weight is 375 g/mol. The van der Waals surface area contributed by atoms with Gasteiger partial charge in [0.05, 0.1) is 20.9 Å². The number of nitro groups is 2. The van der Waals surface area contributed by atoms with Crippen molar-refractivity contribution < 1.29 is 19.0 Å². The van der Waals surface area contributed by atoms with Gasteiger partial charge in [0, 0.05) is 16.7 Å². The van der Waals surface area contributed by atoms with Crippen LogP contribution in [0.3, 0.4) is 0 Å². The Morgan fingerprint density at radius 3 is 2.29 bits per heavy atom. The van der Waals surface area contributed by atoms with E-state index in [1.54, 1.807) is 0 Å². The van der Waals surface area contributed by atoms with Crippen LogP contribution in [0.15, 0.2) is 30.3 Å². The zero-order valence-corrected chi connectivity index (χ0v) is 13.5. The van der Waals surface area contributed by atoms with Crippen LogP contribution in [0.5, 0.6) is 5.75 Å². The van der Waals surface area contributed by atoms with Gasteiger partial charge in [0.1, 0.15) is 17.7 Å². The molecule has 0 saturated heterocycles. The molecule has 24 heavy (non-hydrogen) atoms. The minimum Gasteiger partial charge on any atom is -0.486 e. The van der Waals surface area contributed by atoms with Gasteiger partial charge in [0.15, 0.2) is 0 Å². The maximum atomic E-state index is 13.6. The van der Waals surface area contributed by atoms with E-state index in [2.05, 4.69) is 0 Å². The van der Waals surface area contributed by atoms with Gasteiger partial charge in [-0.2, -0.15) is 0 Å². The van der Waals surface area contributed by atoms with E-state index in [-0.39, 0.29) is 21.4 Å². The zero-order chi connectivity index (χ0) is 18.0. The van der Waals surface area contributed by atoms with Gasteiger partial charge < -0.3 is 4.74 Å². The Bertz CT molecular complexity index is 831. The Kier molecular flexibility index (Phi) is 5.20. The predicted molar refractivity (Wildman–Crippen MR) is 85.2 cm³/mol. The van der Waals surface area contributed by atoms with E-state index in [4.69, 9.17) is 27.9 Å². The lowest BCUT2D eigenvalue weighted by Gasteiger charge is -2.17. The van der Waals surface area contributed by atoms with Crippen LogP contribution < -0.4 is 4.74 Å². The van der Waals surface area contributed by atoms with Crippen molar-refractivity contribution in [3.63, 3.8) is 0 Å². The van der Waals surface area contributed by atoms with E-state index in [1.165, 1.54) is 19.1 Å². The normalized spacial score (nSPS) is 11.8. The molecule has 1 atom stereocenters. The summed E-state index contributed by atoms with van der Waals surface area (Å²) in [6, 6.07) is 5.46. The minimum atomic E-state index is -0.891. The molecule has 0 amide bonds. The molecule has 126 valence electrons. The Balaban J connectivity index is 2.38. The van der Waals surface area contributed by atoms with Gasteiger partial charge in [-0.25, -0.2) is 4.39 Å². The molecular weight excluding hydrogens is 366 g/mol.